The first-order valence-electron chi connectivity index (χ1n) is 13.5. The Morgan fingerprint density at radius 3 is 2.76 bits per heavy atom. The number of para-hydroxylation sites is 1. The number of amides is 1. The van der Waals surface area contributed by atoms with E-state index < -0.39 is 11.9 Å². The second kappa shape index (κ2) is 11.5. The standard InChI is InChI=1S/C27H35F3N4O4/c1-2-37-23-7-3-5-20-16-32-10-4-6-21(32)17-33(11-12-36-13-14-38-26(20)23)25(35)18-34-22(19-8-9-19)15-24(31-34)27(28,29)30/h3,5,7,15,19,21H,2,4,6,8-14,16-18H2,1H3/t21-/m0/s1. The van der Waals surface area contributed by atoms with Gasteiger partial charge in [0.15, 0.2) is 17.2 Å². The molecule has 2 fully saturated rings. The van der Waals surface area contributed by atoms with Crippen LogP contribution in [0.4, 0.5) is 13.2 Å². The Bertz CT molecular complexity index is 1120. The van der Waals surface area contributed by atoms with Gasteiger partial charge in [-0.05, 0) is 51.3 Å². The first kappa shape index (κ1) is 26.8. The van der Waals surface area contributed by atoms with Crippen molar-refractivity contribution in [3.8, 4) is 11.5 Å². The normalized spacial score (nSPS) is 21.5. The van der Waals surface area contributed by atoms with Gasteiger partial charge in [0.05, 0.1) is 19.8 Å². The van der Waals surface area contributed by atoms with Crippen molar-refractivity contribution in [1.29, 1.82) is 0 Å². The average Bonchev–Trinajstić information content (AvgIpc) is 3.47. The fourth-order valence-corrected chi connectivity index (χ4v) is 5.33. The highest BCUT2D eigenvalue weighted by Crippen LogP contribution is 2.42. The molecule has 1 saturated heterocycles. The molecule has 0 radical (unpaired) electrons. The van der Waals surface area contributed by atoms with Crippen LogP contribution in [0.1, 0.15) is 55.5 Å². The fourth-order valence-electron chi connectivity index (χ4n) is 5.33. The van der Waals surface area contributed by atoms with E-state index in [0.717, 1.165) is 49.6 Å². The molecule has 3 heterocycles. The minimum Gasteiger partial charge on any atom is -0.490 e. The summed E-state index contributed by atoms with van der Waals surface area (Å²) in [6, 6.07) is 7.11. The molecule has 2 aromatic rings. The summed E-state index contributed by atoms with van der Waals surface area (Å²) < 4.78 is 59.0. The van der Waals surface area contributed by atoms with Crippen LogP contribution in [0.3, 0.4) is 0 Å². The number of nitrogens with zero attached hydrogens (tertiary/aromatic N) is 4. The molecular weight excluding hydrogens is 501 g/mol. The second-order valence-corrected chi connectivity index (χ2v) is 10.1. The number of hydrogen-bond donors (Lipinski definition) is 0. The molecule has 1 aliphatic carbocycles. The first-order valence-corrected chi connectivity index (χ1v) is 13.5. The van der Waals surface area contributed by atoms with Crippen LogP contribution in [0, 0.1) is 0 Å². The Morgan fingerprint density at radius 1 is 1.16 bits per heavy atom. The Balaban J connectivity index is 1.35. The molecule has 2 aliphatic heterocycles. The highest BCUT2D eigenvalue weighted by Gasteiger charge is 2.38. The van der Waals surface area contributed by atoms with Crippen LogP contribution in [0.5, 0.6) is 11.5 Å². The third-order valence-electron chi connectivity index (χ3n) is 7.38. The van der Waals surface area contributed by atoms with Gasteiger partial charge < -0.3 is 19.1 Å². The highest BCUT2D eigenvalue weighted by atomic mass is 19.4. The molecule has 1 aromatic carbocycles. The molecule has 8 nitrogen and oxygen atoms in total. The number of aromatic nitrogens is 2. The van der Waals surface area contributed by atoms with E-state index in [2.05, 4.69) is 10.00 Å². The van der Waals surface area contributed by atoms with Crippen molar-refractivity contribution in [2.24, 2.45) is 0 Å². The molecular formula is C27H35F3N4O4. The van der Waals surface area contributed by atoms with Crippen molar-refractivity contribution in [3.63, 3.8) is 0 Å². The SMILES string of the molecule is CCOc1cccc2c1OCCOCCN(C(=O)Cn1nc(C(F)(F)F)cc1C1CC1)C[C@@H]1CCCN1C2. The van der Waals surface area contributed by atoms with Crippen LogP contribution in [0.15, 0.2) is 24.3 Å². The van der Waals surface area contributed by atoms with E-state index >= 15 is 0 Å². The van der Waals surface area contributed by atoms with Gasteiger partial charge in [-0.3, -0.25) is 14.4 Å². The molecule has 1 aromatic heterocycles. The van der Waals surface area contributed by atoms with Gasteiger partial charge in [-0.1, -0.05) is 12.1 Å². The van der Waals surface area contributed by atoms with E-state index in [1.165, 1.54) is 4.68 Å². The number of alkyl halides is 3. The van der Waals surface area contributed by atoms with Gasteiger partial charge in [0.1, 0.15) is 13.2 Å². The molecule has 1 atom stereocenters. The number of hydrogen-bond acceptors (Lipinski definition) is 6. The zero-order valence-electron chi connectivity index (χ0n) is 21.7. The van der Waals surface area contributed by atoms with Crippen molar-refractivity contribution in [2.45, 2.75) is 63.8 Å². The molecule has 5 rings (SSSR count). The maximum absolute atomic E-state index is 13.5. The van der Waals surface area contributed by atoms with Gasteiger partial charge in [0.25, 0.3) is 0 Å². The van der Waals surface area contributed by atoms with Crippen LogP contribution in [0.25, 0.3) is 0 Å². The molecule has 3 aliphatic rings. The van der Waals surface area contributed by atoms with E-state index in [1.807, 2.05) is 25.1 Å². The molecule has 208 valence electrons. The van der Waals surface area contributed by atoms with Gasteiger partial charge in [-0.15, -0.1) is 0 Å². The van der Waals surface area contributed by atoms with Crippen molar-refractivity contribution < 1.29 is 32.2 Å². The van der Waals surface area contributed by atoms with E-state index in [9.17, 15) is 18.0 Å². The third-order valence-corrected chi connectivity index (χ3v) is 7.38. The third kappa shape index (κ3) is 6.26. The minimum absolute atomic E-state index is 0.0387. The Hall–Kier alpha value is -2.79. The summed E-state index contributed by atoms with van der Waals surface area (Å²) in [5, 5.41) is 3.78. The van der Waals surface area contributed by atoms with Gasteiger partial charge in [-0.25, -0.2) is 0 Å². The van der Waals surface area contributed by atoms with E-state index in [4.69, 9.17) is 14.2 Å². The Labute approximate surface area is 220 Å². The number of benzene rings is 1. The van der Waals surface area contributed by atoms with Crippen molar-refractivity contribution in [3.05, 3.63) is 41.2 Å². The lowest BCUT2D eigenvalue weighted by Gasteiger charge is -2.31. The fraction of sp³-hybridized carbons (Fsp3) is 0.630. The number of fused-ring (bicyclic) bond motifs is 2. The monoisotopic (exact) mass is 536 g/mol. The Morgan fingerprint density at radius 2 is 2.00 bits per heavy atom. The summed E-state index contributed by atoms with van der Waals surface area (Å²) >= 11 is 0. The second-order valence-electron chi connectivity index (χ2n) is 10.1. The molecule has 0 bridgehead atoms. The van der Waals surface area contributed by atoms with Crippen molar-refractivity contribution >= 4 is 5.91 Å². The molecule has 1 amide bonds. The summed E-state index contributed by atoms with van der Waals surface area (Å²) in [7, 11) is 0. The van der Waals surface area contributed by atoms with Crippen molar-refractivity contribution in [1.82, 2.24) is 19.6 Å². The lowest BCUT2D eigenvalue weighted by molar-refractivity contribution is -0.142. The van der Waals surface area contributed by atoms with Gasteiger partial charge in [-0.2, -0.15) is 18.3 Å². The number of rotatable bonds is 5. The average molecular weight is 537 g/mol. The van der Waals surface area contributed by atoms with Crippen LogP contribution >= 0.6 is 0 Å². The van der Waals surface area contributed by atoms with Gasteiger partial charge >= 0.3 is 6.18 Å². The molecule has 0 spiro atoms. The molecule has 0 N–H and O–H groups in total. The predicted octanol–water partition coefficient (Wildman–Crippen LogP) is 4.08. The summed E-state index contributed by atoms with van der Waals surface area (Å²) in [5.41, 5.74) is 0.576. The highest BCUT2D eigenvalue weighted by molar-refractivity contribution is 5.76. The summed E-state index contributed by atoms with van der Waals surface area (Å²) in [4.78, 5) is 17.6. The predicted molar refractivity (Wildman–Crippen MR) is 133 cm³/mol. The van der Waals surface area contributed by atoms with Crippen LogP contribution in [0.2, 0.25) is 0 Å². The quantitative estimate of drug-likeness (QED) is 0.574. The van der Waals surface area contributed by atoms with Gasteiger partial charge in [0, 0.05) is 42.9 Å². The van der Waals surface area contributed by atoms with E-state index in [-0.39, 0.29) is 24.4 Å². The molecule has 11 heteroatoms. The summed E-state index contributed by atoms with van der Waals surface area (Å²) in [6.07, 6.45) is -0.965. The van der Waals surface area contributed by atoms with Crippen LogP contribution < -0.4 is 9.47 Å². The topological polar surface area (TPSA) is 69.1 Å². The molecule has 0 unspecified atom stereocenters. The lowest BCUT2D eigenvalue weighted by Crippen LogP contribution is -2.45. The maximum Gasteiger partial charge on any atom is 0.435 e. The van der Waals surface area contributed by atoms with E-state index in [0.29, 0.717) is 57.5 Å². The summed E-state index contributed by atoms with van der Waals surface area (Å²) in [6.45, 7) is 5.63. The minimum atomic E-state index is -4.54. The number of ether oxygens (including phenoxy) is 3. The van der Waals surface area contributed by atoms with Crippen LogP contribution in [-0.2, 0) is 28.8 Å². The lowest BCUT2D eigenvalue weighted by atomic mass is 10.1. The first-order chi connectivity index (χ1) is 18.3. The van der Waals surface area contributed by atoms with Gasteiger partial charge in [0.2, 0.25) is 5.91 Å². The molecule has 1 saturated carbocycles. The smallest absolute Gasteiger partial charge is 0.435 e. The number of carbonyl (C=O) groups excluding carboxylic acids is 1. The maximum atomic E-state index is 13.5. The zero-order chi connectivity index (χ0) is 26.7. The summed E-state index contributed by atoms with van der Waals surface area (Å²) in [5.74, 6) is 1.22. The Kier molecular flexibility index (Phi) is 8.13. The molecule has 38 heavy (non-hydrogen) atoms. The van der Waals surface area contributed by atoms with E-state index in [1.54, 1.807) is 4.90 Å². The zero-order valence-corrected chi connectivity index (χ0v) is 21.7. The van der Waals surface area contributed by atoms with Crippen molar-refractivity contribution in [2.75, 3.05) is 46.1 Å². The number of halogens is 3. The van der Waals surface area contributed by atoms with Crippen LogP contribution in [-0.4, -0.2) is 77.6 Å². The largest absolute Gasteiger partial charge is 0.490 e. The number of carbonyl (C=O) groups is 1.